The highest BCUT2D eigenvalue weighted by atomic mass is 32.2. The summed E-state index contributed by atoms with van der Waals surface area (Å²) in [4.78, 5) is 3.26. The number of H-pyrrole nitrogens is 1. The lowest BCUT2D eigenvalue weighted by Crippen LogP contribution is -2.35. The van der Waals surface area contributed by atoms with Crippen molar-refractivity contribution in [3.63, 3.8) is 0 Å². The first-order valence-electron chi connectivity index (χ1n) is 7.20. The molecule has 21 heavy (non-hydrogen) atoms. The zero-order valence-electron chi connectivity index (χ0n) is 12.1. The van der Waals surface area contributed by atoms with Gasteiger partial charge in [-0.05, 0) is 30.9 Å². The quantitative estimate of drug-likeness (QED) is 0.883. The summed E-state index contributed by atoms with van der Waals surface area (Å²) in [5, 5.41) is 0.765. The molecule has 0 radical (unpaired) electrons. The molecule has 3 rings (SSSR count). The van der Waals surface area contributed by atoms with E-state index in [1.54, 1.807) is 0 Å². The van der Waals surface area contributed by atoms with Gasteiger partial charge in [0.1, 0.15) is 5.25 Å². The van der Waals surface area contributed by atoms with Crippen LogP contribution in [0.25, 0.3) is 10.9 Å². The molecule has 1 fully saturated rings. The van der Waals surface area contributed by atoms with Crippen molar-refractivity contribution in [2.45, 2.75) is 25.0 Å². The summed E-state index contributed by atoms with van der Waals surface area (Å²) in [6.07, 6.45) is 3.22. The Balaban J connectivity index is 1.66. The van der Waals surface area contributed by atoms with E-state index in [9.17, 15) is 8.42 Å². The van der Waals surface area contributed by atoms with Crippen LogP contribution in [0.2, 0.25) is 0 Å². The molecular weight excluding hydrogens is 288 g/mol. The number of aromatic nitrogens is 1. The summed E-state index contributed by atoms with van der Waals surface area (Å²) in [5.74, 6) is 0. The van der Waals surface area contributed by atoms with Crippen molar-refractivity contribution in [1.29, 1.82) is 0 Å². The van der Waals surface area contributed by atoms with Crippen LogP contribution < -0.4 is 4.72 Å². The van der Waals surface area contributed by atoms with Crippen molar-refractivity contribution in [1.82, 2.24) is 9.71 Å². The number of aromatic amines is 1. The Morgan fingerprint density at radius 1 is 1.43 bits per heavy atom. The van der Waals surface area contributed by atoms with Crippen molar-refractivity contribution in [3.8, 4) is 0 Å². The Bertz CT molecular complexity index is 730. The van der Waals surface area contributed by atoms with E-state index in [0.29, 0.717) is 32.6 Å². The second kappa shape index (κ2) is 5.79. The average molecular weight is 308 g/mol. The molecule has 1 aliphatic rings. The van der Waals surface area contributed by atoms with Crippen molar-refractivity contribution in [3.05, 3.63) is 35.5 Å². The smallest absolute Gasteiger partial charge is 0.216 e. The van der Waals surface area contributed by atoms with Gasteiger partial charge in [0.25, 0.3) is 0 Å². The fourth-order valence-electron chi connectivity index (χ4n) is 2.77. The van der Waals surface area contributed by atoms with Gasteiger partial charge in [0.05, 0.1) is 6.61 Å². The van der Waals surface area contributed by atoms with Gasteiger partial charge in [-0.3, -0.25) is 0 Å². The molecule has 114 valence electrons. The topological polar surface area (TPSA) is 71.2 Å². The molecule has 1 aliphatic heterocycles. The van der Waals surface area contributed by atoms with E-state index in [-0.39, 0.29) is 0 Å². The Morgan fingerprint density at radius 3 is 3.05 bits per heavy atom. The van der Waals surface area contributed by atoms with Crippen molar-refractivity contribution >= 4 is 20.9 Å². The first-order chi connectivity index (χ1) is 10.1. The maximum Gasteiger partial charge on any atom is 0.216 e. The first-order valence-corrected chi connectivity index (χ1v) is 8.74. The summed E-state index contributed by atoms with van der Waals surface area (Å²) < 4.78 is 32.0. The number of fused-ring (bicyclic) bond motifs is 1. The fourth-order valence-corrected chi connectivity index (χ4v) is 4.08. The highest BCUT2D eigenvalue weighted by Crippen LogP contribution is 2.21. The number of rotatable bonds is 5. The number of benzene rings is 1. The molecule has 1 aromatic carbocycles. The predicted octanol–water partition coefficient (Wildman–Crippen LogP) is 1.73. The van der Waals surface area contributed by atoms with E-state index in [1.807, 2.05) is 12.3 Å². The minimum absolute atomic E-state index is 0.307. The summed E-state index contributed by atoms with van der Waals surface area (Å²) >= 11 is 0. The van der Waals surface area contributed by atoms with Crippen LogP contribution in [0.5, 0.6) is 0 Å². The lowest BCUT2D eigenvalue weighted by atomic mass is 10.1. The molecule has 1 atom stereocenters. The SMILES string of the molecule is Cc1cccc2c(CCNS(=O)(=O)[C@@H]3CCOC3)c[nH]c12. The third kappa shape index (κ3) is 2.97. The third-order valence-electron chi connectivity index (χ3n) is 4.03. The highest BCUT2D eigenvalue weighted by molar-refractivity contribution is 7.90. The highest BCUT2D eigenvalue weighted by Gasteiger charge is 2.28. The van der Waals surface area contributed by atoms with E-state index < -0.39 is 15.3 Å². The van der Waals surface area contributed by atoms with Crippen molar-refractivity contribution in [2.75, 3.05) is 19.8 Å². The number of ether oxygens (including phenoxy) is 1. The molecule has 2 aromatic rings. The standard InChI is InChI=1S/C15H20N2O3S/c1-11-3-2-4-14-12(9-16-15(11)14)5-7-17-21(18,19)13-6-8-20-10-13/h2-4,9,13,16-17H,5-8,10H2,1H3/t13-/m1/s1. The molecule has 5 nitrogen and oxygen atoms in total. The van der Waals surface area contributed by atoms with E-state index in [4.69, 9.17) is 4.74 Å². The summed E-state index contributed by atoms with van der Waals surface area (Å²) in [7, 11) is -3.26. The number of aryl methyl sites for hydroxylation is 1. The zero-order chi connectivity index (χ0) is 14.9. The summed E-state index contributed by atoms with van der Waals surface area (Å²) in [5.41, 5.74) is 3.46. The fraction of sp³-hybridized carbons (Fsp3) is 0.467. The molecule has 0 amide bonds. The summed E-state index contributed by atoms with van der Waals surface area (Å²) in [6.45, 7) is 3.32. The zero-order valence-corrected chi connectivity index (χ0v) is 12.9. The van der Waals surface area contributed by atoms with Crippen LogP contribution in [0, 0.1) is 6.92 Å². The minimum Gasteiger partial charge on any atom is -0.380 e. The molecule has 2 heterocycles. The summed E-state index contributed by atoms with van der Waals surface area (Å²) in [6, 6.07) is 6.15. The predicted molar refractivity (Wildman–Crippen MR) is 82.9 cm³/mol. The minimum atomic E-state index is -3.26. The Kier molecular flexibility index (Phi) is 4.01. The molecule has 1 aromatic heterocycles. The Labute approximate surface area is 124 Å². The lowest BCUT2D eigenvalue weighted by molar-refractivity contribution is 0.198. The van der Waals surface area contributed by atoms with E-state index in [1.165, 1.54) is 10.9 Å². The molecule has 2 N–H and O–H groups in total. The van der Waals surface area contributed by atoms with Crippen LogP contribution in [-0.2, 0) is 21.2 Å². The van der Waals surface area contributed by atoms with Gasteiger partial charge >= 0.3 is 0 Å². The van der Waals surface area contributed by atoms with Gasteiger partial charge in [-0.1, -0.05) is 18.2 Å². The van der Waals surface area contributed by atoms with E-state index in [2.05, 4.69) is 28.8 Å². The average Bonchev–Trinajstić information content (AvgIpc) is 3.09. The molecule has 0 aliphatic carbocycles. The number of sulfonamides is 1. The van der Waals surface area contributed by atoms with E-state index in [0.717, 1.165) is 11.1 Å². The van der Waals surface area contributed by atoms with Crippen LogP contribution in [0.1, 0.15) is 17.5 Å². The van der Waals surface area contributed by atoms with Gasteiger partial charge < -0.3 is 9.72 Å². The maximum atomic E-state index is 12.1. The lowest BCUT2D eigenvalue weighted by Gasteiger charge is -2.10. The molecule has 1 saturated heterocycles. The van der Waals surface area contributed by atoms with Gasteiger partial charge in [0, 0.05) is 30.3 Å². The molecule has 0 unspecified atom stereocenters. The molecule has 0 spiro atoms. The van der Waals surface area contributed by atoms with Crippen molar-refractivity contribution in [2.24, 2.45) is 0 Å². The Hall–Kier alpha value is -1.37. The third-order valence-corrected chi connectivity index (χ3v) is 5.89. The van der Waals surface area contributed by atoms with Gasteiger partial charge in [0.2, 0.25) is 10.0 Å². The maximum absolute atomic E-state index is 12.1. The largest absolute Gasteiger partial charge is 0.380 e. The van der Waals surface area contributed by atoms with Crippen LogP contribution in [0.4, 0.5) is 0 Å². The second-order valence-corrected chi connectivity index (χ2v) is 7.53. The number of para-hydroxylation sites is 1. The van der Waals surface area contributed by atoms with Crippen LogP contribution in [0.15, 0.2) is 24.4 Å². The first kappa shape index (κ1) is 14.6. The number of hydrogen-bond donors (Lipinski definition) is 2. The monoisotopic (exact) mass is 308 g/mol. The van der Waals surface area contributed by atoms with Crippen LogP contribution in [-0.4, -0.2) is 38.4 Å². The van der Waals surface area contributed by atoms with E-state index >= 15 is 0 Å². The molecule has 6 heteroatoms. The van der Waals surface area contributed by atoms with Gasteiger partial charge in [-0.15, -0.1) is 0 Å². The second-order valence-electron chi connectivity index (χ2n) is 5.49. The van der Waals surface area contributed by atoms with Gasteiger partial charge in [0.15, 0.2) is 0 Å². The number of hydrogen-bond acceptors (Lipinski definition) is 3. The van der Waals surface area contributed by atoms with Crippen LogP contribution in [0.3, 0.4) is 0 Å². The van der Waals surface area contributed by atoms with Crippen LogP contribution >= 0.6 is 0 Å². The van der Waals surface area contributed by atoms with Gasteiger partial charge in [-0.25, -0.2) is 13.1 Å². The molecular formula is C15H20N2O3S. The van der Waals surface area contributed by atoms with Gasteiger partial charge in [-0.2, -0.15) is 0 Å². The molecule has 0 saturated carbocycles. The number of nitrogens with one attached hydrogen (secondary N) is 2. The normalized spacial score (nSPS) is 19.4. The Morgan fingerprint density at radius 2 is 2.29 bits per heavy atom. The van der Waals surface area contributed by atoms with Crippen molar-refractivity contribution < 1.29 is 13.2 Å². The molecule has 0 bridgehead atoms.